The molecule has 0 spiro atoms. The number of halogens is 1. The summed E-state index contributed by atoms with van der Waals surface area (Å²) in [5, 5.41) is 9.57. The molecule has 1 heterocycles. The van der Waals surface area contributed by atoms with Gasteiger partial charge in [0.1, 0.15) is 0 Å². The van der Waals surface area contributed by atoms with Crippen molar-refractivity contribution in [1.82, 2.24) is 4.90 Å². The highest BCUT2D eigenvalue weighted by Gasteiger charge is 2.30. The zero-order chi connectivity index (χ0) is 14.5. The van der Waals surface area contributed by atoms with Gasteiger partial charge in [-0.05, 0) is 44.9 Å². The first kappa shape index (κ1) is 15.3. The summed E-state index contributed by atoms with van der Waals surface area (Å²) in [7, 11) is 0. The Kier molecular flexibility index (Phi) is 5.38. The summed E-state index contributed by atoms with van der Waals surface area (Å²) in [4.78, 5) is 2.41. The molecule has 0 amide bonds. The molecular formula is C16H24FNO2. The average Bonchev–Trinajstić information content (AvgIpc) is 2.91. The van der Waals surface area contributed by atoms with Crippen molar-refractivity contribution in [2.24, 2.45) is 11.8 Å². The van der Waals surface area contributed by atoms with Crippen molar-refractivity contribution in [3.8, 4) is 5.75 Å². The number of aliphatic hydroxyl groups excluding tert-OH is 1. The van der Waals surface area contributed by atoms with E-state index in [1.54, 1.807) is 18.2 Å². The molecule has 0 aromatic heterocycles. The van der Waals surface area contributed by atoms with Gasteiger partial charge >= 0.3 is 0 Å². The number of ether oxygens (including phenoxy) is 1. The summed E-state index contributed by atoms with van der Waals surface area (Å²) in [6, 6.07) is 6.94. The molecule has 1 aromatic carbocycles. The maximum atomic E-state index is 13.5. The lowest BCUT2D eigenvalue weighted by Gasteiger charge is -2.24. The van der Waals surface area contributed by atoms with E-state index in [1.165, 1.54) is 6.07 Å². The van der Waals surface area contributed by atoms with E-state index in [0.29, 0.717) is 18.6 Å². The minimum absolute atomic E-state index is 0.0679. The zero-order valence-corrected chi connectivity index (χ0v) is 12.3. The van der Waals surface area contributed by atoms with Crippen LogP contribution >= 0.6 is 0 Å². The maximum Gasteiger partial charge on any atom is 0.165 e. The van der Waals surface area contributed by atoms with Crippen LogP contribution in [0, 0.1) is 17.7 Å². The van der Waals surface area contributed by atoms with Gasteiger partial charge < -0.3 is 14.7 Å². The number of para-hydroxylation sites is 1. The van der Waals surface area contributed by atoms with Crippen LogP contribution in [-0.2, 0) is 0 Å². The first-order valence-electron chi connectivity index (χ1n) is 7.34. The molecule has 1 aliphatic heterocycles. The first-order chi connectivity index (χ1) is 9.61. The summed E-state index contributed by atoms with van der Waals surface area (Å²) in [6.45, 7) is 6.89. The van der Waals surface area contributed by atoms with Crippen LogP contribution in [0.3, 0.4) is 0 Å². The monoisotopic (exact) mass is 281 g/mol. The molecule has 1 fully saturated rings. The Morgan fingerprint density at radius 2 is 2.15 bits per heavy atom. The second-order valence-corrected chi connectivity index (χ2v) is 5.82. The van der Waals surface area contributed by atoms with Crippen molar-refractivity contribution >= 4 is 0 Å². The van der Waals surface area contributed by atoms with Gasteiger partial charge in [0.25, 0.3) is 0 Å². The molecule has 1 aromatic rings. The van der Waals surface area contributed by atoms with Crippen molar-refractivity contribution in [2.75, 3.05) is 26.3 Å². The molecule has 1 N–H and O–H groups in total. The summed E-state index contributed by atoms with van der Waals surface area (Å²) >= 11 is 0. The average molecular weight is 281 g/mol. The van der Waals surface area contributed by atoms with Crippen molar-refractivity contribution in [2.45, 2.75) is 26.3 Å². The molecule has 1 saturated heterocycles. The highest BCUT2D eigenvalue weighted by Crippen LogP contribution is 2.26. The van der Waals surface area contributed by atoms with E-state index in [1.807, 2.05) is 0 Å². The minimum atomic E-state index is -0.348. The second-order valence-electron chi connectivity index (χ2n) is 5.82. The number of aliphatic hydroxyl groups is 1. The van der Waals surface area contributed by atoms with Crippen LogP contribution in [0.1, 0.15) is 20.3 Å². The number of likely N-dealkylation sites (tertiary alicyclic amines) is 1. The second kappa shape index (κ2) is 7.04. The van der Waals surface area contributed by atoms with E-state index >= 15 is 0 Å². The van der Waals surface area contributed by atoms with Gasteiger partial charge in [-0.15, -0.1) is 0 Å². The molecule has 2 atom stereocenters. The molecule has 1 aliphatic rings. The van der Waals surface area contributed by atoms with Crippen LogP contribution in [-0.4, -0.2) is 42.4 Å². The predicted octanol–water partition coefficient (Wildman–Crippen LogP) is 2.54. The Morgan fingerprint density at radius 1 is 1.40 bits per heavy atom. The topological polar surface area (TPSA) is 32.7 Å². The molecular weight excluding hydrogens is 257 g/mol. The van der Waals surface area contributed by atoms with Gasteiger partial charge in [-0.1, -0.05) is 12.1 Å². The number of nitrogens with zero attached hydrogens (tertiary/aromatic N) is 1. The van der Waals surface area contributed by atoms with Crippen LogP contribution < -0.4 is 4.74 Å². The van der Waals surface area contributed by atoms with Gasteiger partial charge in [0, 0.05) is 25.1 Å². The normalized spacial score (nSPS) is 21.4. The van der Waals surface area contributed by atoms with Gasteiger partial charge in [-0.3, -0.25) is 0 Å². The highest BCUT2D eigenvalue weighted by molar-refractivity contribution is 5.23. The number of hydrogen-bond acceptors (Lipinski definition) is 3. The lowest BCUT2D eigenvalue weighted by Crippen LogP contribution is -2.31. The molecule has 0 radical (unpaired) electrons. The summed E-state index contributed by atoms with van der Waals surface area (Å²) in [6.07, 6.45) is 1.07. The third-order valence-corrected chi connectivity index (χ3v) is 4.18. The minimum Gasteiger partial charge on any atom is -0.490 e. The first-order valence-corrected chi connectivity index (χ1v) is 7.34. The van der Waals surface area contributed by atoms with E-state index in [9.17, 15) is 9.50 Å². The summed E-state index contributed by atoms with van der Waals surface area (Å²) in [5.41, 5.74) is 0. The van der Waals surface area contributed by atoms with Gasteiger partial charge in [0.05, 0.1) is 6.61 Å². The Bertz CT molecular complexity index is 425. The Morgan fingerprint density at radius 3 is 2.75 bits per heavy atom. The summed E-state index contributed by atoms with van der Waals surface area (Å²) in [5.74, 6) is 0.414. The molecule has 4 heteroatoms. The standard InChI is InChI=1S/C16H24FNO2/c1-12(2)18-8-7-13(9-18)14(10-19)11-20-16-6-4-3-5-15(16)17/h3-6,12-14,19H,7-11H2,1-2H3. The molecule has 20 heavy (non-hydrogen) atoms. The molecule has 112 valence electrons. The molecule has 2 rings (SSSR count). The molecule has 0 aliphatic carbocycles. The van der Waals surface area contributed by atoms with Crippen LogP contribution in [0.15, 0.2) is 24.3 Å². The van der Waals surface area contributed by atoms with Crippen molar-refractivity contribution < 1.29 is 14.2 Å². The van der Waals surface area contributed by atoms with Crippen LogP contribution in [0.2, 0.25) is 0 Å². The summed E-state index contributed by atoms with van der Waals surface area (Å²) < 4.78 is 19.0. The number of benzene rings is 1. The maximum absolute atomic E-state index is 13.5. The predicted molar refractivity (Wildman–Crippen MR) is 77.3 cm³/mol. The van der Waals surface area contributed by atoms with Crippen molar-refractivity contribution in [1.29, 1.82) is 0 Å². The SMILES string of the molecule is CC(C)N1CCC(C(CO)COc2ccccc2F)C1. The fourth-order valence-electron chi connectivity index (χ4n) is 2.77. The molecule has 0 bridgehead atoms. The van der Waals surface area contributed by atoms with Crippen LogP contribution in [0.5, 0.6) is 5.75 Å². The Labute approximate surface area is 120 Å². The van der Waals surface area contributed by atoms with E-state index in [4.69, 9.17) is 4.74 Å². The van der Waals surface area contributed by atoms with Gasteiger partial charge in [0.2, 0.25) is 0 Å². The number of hydrogen-bond donors (Lipinski definition) is 1. The van der Waals surface area contributed by atoms with E-state index < -0.39 is 0 Å². The zero-order valence-electron chi connectivity index (χ0n) is 12.3. The Balaban J connectivity index is 1.89. The van der Waals surface area contributed by atoms with E-state index in [-0.39, 0.29) is 24.1 Å². The van der Waals surface area contributed by atoms with Crippen LogP contribution in [0.4, 0.5) is 4.39 Å². The third kappa shape index (κ3) is 3.70. The van der Waals surface area contributed by atoms with Crippen LogP contribution in [0.25, 0.3) is 0 Å². The smallest absolute Gasteiger partial charge is 0.165 e. The van der Waals surface area contributed by atoms with Gasteiger partial charge in [-0.2, -0.15) is 0 Å². The lowest BCUT2D eigenvalue weighted by molar-refractivity contribution is 0.114. The molecule has 2 unspecified atom stereocenters. The van der Waals surface area contributed by atoms with E-state index in [2.05, 4.69) is 18.7 Å². The van der Waals surface area contributed by atoms with E-state index in [0.717, 1.165) is 19.5 Å². The fourth-order valence-corrected chi connectivity index (χ4v) is 2.77. The van der Waals surface area contributed by atoms with Crippen molar-refractivity contribution in [3.63, 3.8) is 0 Å². The number of rotatable bonds is 6. The third-order valence-electron chi connectivity index (χ3n) is 4.18. The largest absolute Gasteiger partial charge is 0.490 e. The van der Waals surface area contributed by atoms with Gasteiger partial charge in [0.15, 0.2) is 11.6 Å². The van der Waals surface area contributed by atoms with Gasteiger partial charge in [-0.25, -0.2) is 4.39 Å². The fraction of sp³-hybridized carbons (Fsp3) is 0.625. The lowest BCUT2D eigenvalue weighted by atomic mass is 9.93. The quantitative estimate of drug-likeness (QED) is 0.870. The molecule has 0 saturated carbocycles. The van der Waals surface area contributed by atoms with Crippen molar-refractivity contribution in [3.05, 3.63) is 30.1 Å². The molecule has 3 nitrogen and oxygen atoms in total. The Hall–Kier alpha value is -1.13. The highest BCUT2D eigenvalue weighted by atomic mass is 19.1.